The molecule has 1 aromatic carbocycles. The number of benzene rings is 1. The van der Waals surface area contributed by atoms with E-state index in [1.807, 2.05) is 6.92 Å². The van der Waals surface area contributed by atoms with Crippen LogP contribution in [0.15, 0.2) is 23.1 Å². The zero-order chi connectivity index (χ0) is 20.2. The zero-order valence-corrected chi connectivity index (χ0v) is 16.9. The second-order valence-corrected chi connectivity index (χ2v) is 9.57. The van der Waals surface area contributed by atoms with Crippen molar-refractivity contribution >= 4 is 15.9 Å². The number of carbonyl (C=O) groups excluding carboxylic acids is 1. The molecule has 8 heteroatoms. The molecule has 1 aliphatic heterocycles. The van der Waals surface area contributed by atoms with Crippen molar-refractivity contribution < 1.29 is 22.0 Å². The number of hydrogen-bond acceptors (Lipinski definition) is 3. The van der Waals surface area contributed by atoms with Crippen molar-refractivity contribution in [3.05, 3.63) is 29.8 Å². The summed E-state index contributed by atoms with van der Waals surface area (Å²) in [7, 11) is -3.90. The van der Waals surface area contributed by atoms with Crippen molar-refractivity contribution in [1.29, 1.82) is 0 Å². The van der Waals surface area contributed by atoms with Gasteiger partial charge in [-0.15, -0.1) is 0 Å². The number of piperidine rings is 1. The Morgan fingerprint density at radius 3 is 2.33 bits per heavy atom. The van der Waals surface area contributed by atoms with Crippen LogP contribution in [0.3, 0.4) is 0 Å². The van der Waals surface area contributed by atoms with E-state index in [2.05, 4.69) is 19.2 Å². The van der Waals surface area contributed by atoms with Crippen molar-refractivity contribution in [2.45, 2.75) is 57.4 Å². The van der Waals surface area contributed by atoms with Crippen LogP contribution in [-0.4, -0.2) is 37.8 Å². The van der Waals surface area contributed by atoms with E-state index in [1.165, 1.54) is 4.31 Å². The van der Waals surface area contributed by atoms with Crippen LogP contribution in [0.2, 0.25) is 0 Å². The molecule has 1 saturated heterocycles. The van der Waals surface area contributed by atoms with Crippen LogP contribution in [-0.2, 0) is 14.8 Å². The highest BCUT2D eigenvalue weighted by molar-refractivity contribution is 7.89. The molecule has 0 unspecified atom stereocenters. The summed E-state index contributed by atoms with van der Waals surface area (Å²) < 4.78 is 52.8. The number of amides is 1. The molecule has 2 rings (SSSR count). The Hall–Kier alpha value is -1.54. The lowest BCUT2D eigenvalue weighted by Gasteiger charge is -2.31. The van der Waals surface area contributed by atoms with Gasteiger partial charge < -0.3 is 5.32 Å². The van der Waals surface area contributed by atoms with E-state index in [4.69, 9.17) is 0 Å². The summed E-state index contributed by atoms with van der Waals surface area (Å²) in [5.41, 5.74) is 0. The van der Waals surface area contributed by atoms with Crippen LogP contribution in [0.25, 0.3) is 0 Å². The topological polar surface area (TPSA) is 66.5 Å². The maximum absolute atomic E-state index is 13.4. The highest BCUT2D eigenvalue weighted by Gasteiger charge is 2.32. The Balaban J connectivity index is 1.92. The number of nitrogens with zero attached hydrogens (tertiary/aromatic N) is 1. The average Bonchev–Trinajstić information content (AvgIpc) is 2.62. The van der Waals surface area contributed by atoms with E-state index in [1.54, 1.807) is 0 Å². The fourth-order valence-electron chi connectivity index (χ4n) is 3.16. The van der Waals surface area contributed by atoms with Crippen LogP contribution in [0.5, 0.6) is 0 Å². The molecule has 1 amide bonds. The predicted octanol–water partition coefficient (Wildman–Crippen LogP) is 3.31. The first kappa shape index (κ1) is 21.8. The van der Waals surface area contributed by atoms with Crippen LogP contribution >= 0.6 is 0 Å². The van der Waals surface area contributed by atoms with Gasteiger partial charge in [-0.1, -0.05) is 13.8 Å². The van der Waals surface area contributed by atoms with Crippen molar-refractivity contribution in [3.63, 3.8) is 0 Å². The smallest absolute Gasteiger partial charge is 0.243 e. The molecule has 1 N–H and O–H groups in total. The summed E-state index contributed by atoms with van der Waals surface area (Å²) in [4.78, 5) is 12.1. The van der Waals surface area contributed by atoms with E-state index < -0.39 is 21.7 Å². The van der Waals surface area contributed by atoms with Gasteiger partial charge in [-0.25, -0.2) is 17.2 Å². The molecule has 152 valence electrons. The SMILES string of the molecule is CC(C)CC[C@@H](C)NC(=O)C1CCN(S(=O)(=O)c2ccc(F)c(F)c2)CC1. The van der Waals surface area contributed by atoms with Gasteiger partial charge >= 0.3 is 0 Å². The monoisotopic (exact) mass is 402 g/mol. The highest BCUT2D eigenvalue weighted by Crippen LogP contribution is 2.25. The molecule has 0 bridgehead atoms. The molecule has 1 aromatic rings. The normalized spacial score (nSPS) is 17.9. The average molecular weight is 403 g/mol. The van der Waals surface area contributed by atoms with Crippen molar-refractivity contribution in [3.8, 4) is 0 Å². The summed E-state index contributed by atoms with van der Waals surface area (Å²) in [5, 5.41) is 3.01. The quantitative estimate of drug-likeness (QED) is 0.761. The van der Waals surface area contributed by atoms with Gasteiger partial charge in [0, 0.05) is 25.0 Å². The van der Waals surface area contributed by atoms with Crippen molar-refractivity contribution in [1.82, 2.24) is 9.62 Å². The molecule has 0 radical (unpaired) electrons. The third kappa shape index (κ3) is 5.72. The largest absolute Gasteiger partial charge is 0.353 e. The Kier molecular flexibility index (Phi) is 7.33. The van der Waals surface area contributed by atoms with Crippen LogP contribution in [0.4, 0.5) is 8.78 Å². The molecule has 1 fully saturated rings. The maximum Gasteiger partial charge on any atom is 0.243 e. The lowest BCUT2D eigenvalue weighted by Crippen LogP contribution is -2.44. The van der Waals surface area contributed by atoms with Gasteiger partial charge in [0.15, 0.2) is 11.6 Å². The number of carbonyl (C=O) groups is 1. The standard InChI is InChI=1S/C19H28F2N2O3S/c1-13(2)4-5-14(3)22-19(24)15-8-10-23(11-9-15)27(25,26)16-6-7-17(20)18(21)12-16/h6-7,12-15H,4-5,8-11H2,1-3H3,(H,22,24)/t14-/m1/s1. The lowest BCUT2D eigenvalue weighted by molar-refractivity contribution is -0.126. The number of nitrogens with one attached hydrogen (secondary N) is 1. The maximum atomic E-state index is 13.4. The second kappa shape index (κ2) is 9.10. The van der Waals surface area contributed by atoms with Gasteiger partial charge in [0.1, 0.15) is 0 Å². The first-order valence-electron chi connectivity index (χ1n) is 9.37. The van der Waals surface area contributed by atoms with Crippen molar-refractivity contribution in [2.75, 3.05) is 13.1 Å². The summed E-state index contributed by atoms with van der Waals surface area (Å²) in [5.74, 6) is -1.98. The van der Waals surface area contributed by atoms with Gasteiger partial charge in [0.2, 0.25) is 15.9 Å². The van der Waals surface area contributed by atoms with Crippen LogP contribution in [0, 0.1) is 23.5 Å². The second-order valence-electron chi connectivity index (χ2n) is 7.64. The summed E-state index contributed by atoms with van der Waals surface area (Å²) in [6.45, 7) is 6.61. The van der Waals surface area contributed by atoms with E-state index in [9.17, 15) is 22.0 Å². The fraction of sp³-hybridized carbons (Fsp3) is 0.632. The molecular formula is C19H28F2N2O3S. The van der Waals surface area contributed by atoms with Gasteiger partial charge in [0.25, 0.3) is 0 Å². The Labute approximate surface area is 160 Å². The van der Waals surface area contributed by atoms with Gasteiger partial charge in [0.05, 0.1) is 4.90 Å². The van der Waals surface area contributed by atoms with Gasteiger partial charge in [-0.2, -0.15) is 4.31 Å². The summed E-state index contributed by atoms with van der Waals surface area (Å²) >= 11 is 0. The molecular weight excluding hydrogens is 374 g/mol. The molecule has 1 atom stereocenters. The lowest BCUT2D eigenvalue weighted by atomic mass is 9.96. The molecule has 1 aliphatic rings. The first-order chi connectivity index (χ1) is 12.6. The van der Waals surface area contributed by atoms with E-state index in [-0.39, 0.29) is 35.9 Å². The summed E-state index contributed by atoms with van der Waals surface area (Å²) in [6.07, 6.45) is 2.76. The minimum Gasteiger partial charge on any atom is -0.353 e. The molecule has 0 aromatic heterocycles. The van der Waals surface area contributed by atoms with Crippen molar-refractivity contribution in [2.24, 2.45) is 11.8 Å². The van der Waals surface area contributed by atoms with Gasteiger partial charge in [-0.3, -0.25) is 4.79 Å². The molecule has 0 aliphatic carbocycles. The number of sulfonamides is 1. The summed E-state index contributed by atoms with van der Waals surface area (Å²) in [6, 6.07) is 2.65. The van der Waals surface area contributed by atoms with E-state index >= 15 is 0 Å². The van der Waals surface area contributed by atoms with E-state index in [0.29, 0.717) is 24.8 Å². The van der Waals surface area contributed by atoms with Crippen LogP contribution in [0.1, 0.15) is 46.5 Å². The zero-order valence-electron chi connectivity index (χ0n) is 16.0. The molecule has 1 heterocycles. The molecule has 5 nitrogen and oxygen atoms in total. The highest BCUT2D eigenvalue weighted by atomic mass is 32.2. The minimum atomic E-state index is -3.90. The molecule has 0 spiro atoms. The number of rotatable bonds is 7. The first-order valence-corrected chi connectivity index (χ1v) is 10.8. The Morgan fingerprint density at radius 2 is 1.78 bits per heavy atom. The molecule has 27 heavy (non-hydrogen) atoms. The Bertz CT molecular complexity index is 760. The van der Waals surface area contributed by atoms with Crippen LogP contribution < -0.4 is 5.32 Å². The van der Waals surface area contributed by atoms with Gasteiger partial charge in [-0.05, 0) is 56.7 Å². The number of halogens is 2. The van der Waals surface area contributed by atoms with E-state index in [0.717, 1.165) is 25.0 Å². The fourth-order valence-corrected chi connectivity index (χ4v) is 4.64. The molecule has 0 saturated carbocycles. The number of hydrogen-bond donors (Lipinski definition) is 1. The third-order valence-electron chi connectivity index (χ3n) is 4.92. The minimum absolute atomic E-state index is 0.0452. The Morgan fingerprint density at radius 1 is 1.15 bits per heavy atom. The third-order valence-corrected chi connectivity index (χ3v) is 6.81. The predicted molar refractivity (Wildman–Crippen MR) is 99.5 cm³/mol.